The lowest BCUT2D eigenvalue weighted by Gasteiger charge is -2.32. The number of ether oxygens (including phenoxy) is 2. The summed E-state index contributed by atoms with van der Waals surface area (Å²) in [7, 11) is 3.08. The van der Waals surface area contributed by atoms with E-state index in [1.165, 1.54) is 13.2 Å². The highest BCUT2D eigenvalue weighted by Gasteiger charge is 2.23. The number of carbonyl (C=O) groups excluding carboxylic acids is 1. The lowest BCUT2D eigenvalue weighted by molar-refractivity contribution is 0.111. The number of piperidine rings is 1. The molecule has 0 bridgehead atoms. The van der Waals surface area contributed by atoms with Crippen LogP contribution in [0.2, 0.25) is 0 Å². The largest absolute Gasteiger partial charge is 0.491 e. The Kier molecular flexibility index (Phi) is 10.2. The Balaban J connectivity index is 0.00000364. The highest BCUT2D eigenvalue weighted by Crippen LogP contribution is 2.18. The van der Waals surface area contributed by atoms with E-state index in [1.54, 1.807) is 18.0 Å². The Morgan fingerprint density at radius 3 is 2.63 bits per heavy atom. The van der Waals surface area contributed by atoms with Gasteiger partial charge >= 0.3 is 6.09 Å². The van der Waals surface area contributed by atoms with Gasteiger partial charge < -0.3 is 25.0 Å². The average Bonchev–Trinajstić information content (AvgIpc) is 2.67. The van der Waals surface area contributed by atoms with Gasteiger partial charge in [-0.15, -0.1) is 24.0 Å². The summed E-state index contributed by atoms with van der Waals surface area (Å²) in [5.41, 5.74) is 0.800. The van der Waals surface area contributed by atoms with Gasteiger partial charge in [-0.3, -0.25) is 4.99 Å². The van der Waals surface area contributed by atoms with Crippen molar-refractivity contribution in [2.24, 2.45) is 4.99 Å². The van der Waals surface area contributed by atoms with Crippen LogP contribution in [0.3, 0.4) is 0 Å². The molecule has 1 aromatic rings. The molecular formula is C18H28FIN4O3. The van der Waals surface area contributed by atoms with Crippen molar-refractivity contribution in [1.82, 2.24) is 15.5 Å². The van der Waals surface area contributed by atoms with E-state index >= 15 is 0 Å². The quantitative estimate of drug-likeness (QED) is 0.374. The third-order valence-electron chi connectivity index (χ3n) is 4.25. The fraction of sp³-hybridized carbons (Fsp3) is 0.556. The highest BCUT2D eigenvalue weighted by molar-refractivity contribution is 14.0. The molecule has 0 aromatic heterocycles. The number of methoxy groups -OCH3 is 1. The average molecular weight is 494 g/mol. The summed E-state index contributed by atoms with van der Waals surface area (Å²) in [5, 5.41) is 6.52. The molecule has 152 valence electrons. The minimum atomic E-state index is -0.371. The zero-order chi connectivity index (χ0) is 18.9. The zero-order valence-corrected chi connectivity index (χ0v) is 18.3. The molecule has 0 radical (unpaired) electrons. The molecule has 0 unspecified atom stereocenters. The topological polar surface area (TPSA) is 75.2 Å². The molecule has 1 fully saturated rings. The summed E-state index contributed by atoms with van der Waals surface area (Å²) in [5.74, 6) is 0.538. The molecule has 0 spiro atoms. The van der Waals surface area contributed by atoms with Gasteiger partial charge in [0.25, 0.3) is 0 Å². The van der Waals surface area contributed by atoms with E-state index in [1.807, 2.05) is 13.0 Å². The number of halogens is 2. The summed E-state index contributed by atoms with van der Waals surface area (Å²) < 4.78 is 23.8. The van der Waals surface area contributed by atoms with Gasteiger partial charge in [0.1, 0.15) is 0 Å². The van der Waals surface area contributed by atoms with E-state index in [-0.39, 0.29) is 47.7 Å². The SMILES string of the molecule is CCOc1ccc(CNC(=NC)NC2CCN(C(=O)OC)CC2)cc1F.I. The van der Waals surface area contributed by atoms with Crippen LogP contribution in [0.5, 0.6) is 5.75 Å². The summed E-state index contributed by atoms with van der Waals surface area (Å²) in [6.07, 6.45) is 1.34. The summed E-state index contributed by atoms with van der Waals surface area (Å²) >= 11 is 0. The van der Waals surface area contributed by atoms with Crippen LogP contribution in [0.4, 0.5) is 9.18 Å². The number of aliphatic imine (C=N–C) groups is 1. The van der Waals surface area contributed by atoms with E-state index in [2.05, 4.69) is 15.6 Å². The van der Waals surface area contributed by atoms with Crippen LogP contribution in [0.15, 0.2) is 23.2 Å². The number of rotatable bonds is 5. The van der Waals surface area contributed by atoms with E-state index < -0.39 is 0 Å². The molecule has 1 aromatic carbocycles. The van der Waals surface area contributed by atoms with Crippen LogP contribution in [-0.2, 0) is 11.3 Å². The first-order valence-electron chi connectivity index (χ1n) is 8.78. The molecular weight excluding hydrogens is 466 g/mol. The standard InChI is InChI=1S/C18H27FN4O3.HI/c1-4-26-16-6-5-13(11-15(16)19)12-21-17(20-2)22-14-7-9-23(10-8-14)18(24)25-3;/h5-6,11,14H,4,7-10,12H2,1-3H3,(H2,20,21,22);1H. The first-order valence-corrected chi connectivity index (χ1v) is 8.78. The number of benzene rings is 1. The Morgan fingerprint density at radius 1 is 1.37 bits per heavy atom. The van der Waals surface area contributed by atoms with Gasteiger partial charge in [0.2, 0.25) is 0 Å². The van der Waals surface area contributed by atoms with E-state index in [9.17, 15) is 9.18 Å². The molecule has 9 heteroatoms. The van der Waals surface area contributed by atoms with Crippen molar-refractivity contribution in [2.45, 2.75) is 32.4 Å². The predicted molar refractivity (Wildman–Crippen MR) is 113 cm³/mol. The van der Waals surface area contributed by atoms with E-state index in [0.717, 1.165) is 18.4 Å². The van der Waals surface area contributed by atoms with Crippen molar-refractivity contribution < 1.29 is 18.7 Å². The van der Waals surface area contributed by atoms with Crippen molar-refractivity contribution >= 4 is 36.0 Å². The van der Waals surface area contributed by atoms with Crippen molar-refractivity contribution in [3.05, 3.63) is 29.6 Å². The first-order chi connectivity index (χ1) is 12.6. The number of likely N-dealkylation sites (tertiary alicyclic amines) is 1. The Hall–Kier alpha value is -1.78. The molecule has 2 rings (SSSR count). The molecule has 1 heterocycles. The molecule has 1 amide bonds. The molecule has 1 aliphatic heterocycles. The van der Waals surface area contributed by atoms with Gasteiger partial charge in [0, 0.05) is 32.7 Å². The summed E-state index contributed by atoms with van der Waals surface area (Å²) in [6, 6.07) is 5.14. The van der Waals surface area contributed by atoms with Gasteiger partial charge in [-0.1, -0.05) is 6.07 Å². The van der Waals surface area contributed by atoms with E-state index in [0.29, 0.717) is 32.2 Å². The highest BCUT2D eigenvalue weighted by atomic mass is 127. The zero-order valence-electron chi connectivity index (χ0n) is 16.0. The second-order valence-electron chi connectivity index (χ2n) is 6.00. The number of hydrogen-bond donors (Lipinski definition) is 2. The van der Waals surface area contributed by atoms with Crippen LogP contribution in [0, 0.1) is 5.82 Å². The monoisotopic (exact) mass is 494 g/mol. The molecule has 7 nitrogen and oxygen atoms in total. The molecule has 0 atom stereocenters. The Labute approximate surface area is 176 Å². The van der Waals surface area contributed by atoms with Gasteiger partial charge in [-0.05, 0) is 37.5 Å². The lowest BCUT2D eigenvalue weighted by atomic mass is 10.1. The summed E-state index contributed by atoms with van der Waals surface area (Å²) in [4.78, 5) is 17.4. The third-order valence-corrected chi connectivity index (χ3v) is 4.25. The number of nitrogens with zero attached hydrogens (tertiary/aromatic N) is 2. The molecule has 1 aliphatic rings. The fourth-order valence-electron chi connectivity index (χ4n) is 2.84. The molecule has 27 heavy (non-hydrogen) atoms. The predicted octanol–water partition coefficient (Wildman–Crippen LogP) is 2.74. The van der Waals surface area contributed by atoms with Crippen LogP contribution in [-0.4, -0.2) is 56.8 Å². The summed E-state index contributed by atoms with van der Waals surface area (Å²) in [6.45, 7) is 3.99. The third kappa shape index (κ3) is 7.04. The minimum Gasteiger partial charge on any atom is -0.491 e. The first kappa shape index (κ1) is 23.3. The second-order valence-corrected chi connectivity index (χ2v) is 6.00. The van der Waals surface area contributed by atoms with Crippen molar-refractivity contribution in [3.8, 4) is 5.75 Å². The molecule has 0 saturated carbocycles. The number of carbonyl (C=O) groups is 1. The number of hydrogen-bond acceptors (Lipinski definition) is 4. The van der Waals surface area contributed by atoms with Crippen LogP contribution < -0.4 is 15.4 Å². The van der Waals surface area contributed by atoms with Crippen LogP contribution in [0.25, 0.3) is 0 Å². The maximum atomic E-state index is 13.9. The Morgan fingerprint density at radius 2 is 2.07 bits per heavy atom. The molecule has 2 N–H and O–H groups in total. The normalized spacial score (nSPS) is 15.0. The van der Waals surface area contributed by atoms with Crippen molar-refractivity contribution in [2.75, 3.05) is 33.9 Å². The minimum absolute atomic E-state index is 0. The van der Waals surface area contributed by atoms with Crippen LogP contribution in [0.1, 0.15) is 25.3 Å². The van der Waals surface area contributed by atoms with Gasteiger partial charge in [-0.2, -0.15) is 0 Å². The van der Waals surface area contributed by atoms with Gasteiger partial charge in [0.05, 0.1) is 13.7 Å². The van der Waals surface area contributed by atoms with Gasteiger partial charge in [0.15, 0.2) is 17.5 Å². The number of amides is 1. The van der Waals surface area contributed by atoms with Gasteiger partial charge in [-0.25, -0.2) is 9.18 Å². The molecule has 1 saturated heterocycles. The van der Waals surface area contributed by atoms with E-state index in [4.69, 9.17) is 9.47 Å². The number of guanidine groups is 1. The Bertz CT molecular complexity index is 637. The van der Waals surface area contributed by atoms with Crippen LogP contribution >= 0.6 is 24.0 Å². The van der Waals surface area contributed by atoms with Crippen molar-refractivity contribution in [1.29, 1.82) is 0 Å². The molecule has 0 aliphatic carbocycles. The number of nitrogens with one attached hydrogen (secondary N) is 2. The maximum absolute atomic E-state index is 13.9. The van der Waals surface area contributed by atoms with Crippen molar-refractivity contribution in [3.63, 3.8) is 0 Å². The fourth-order valence-corrected chi connectivity index (χ4v) is 2.84. The smallest absolute Gasteiger partial charge is 0.409 e. The second kappa shape index (κ2) is 11.8. The lowest BCUT2D eigenvalue weighted by Crippen LogP contribution is -2.49. The maximum Gasteiger partial charge on any atom is 0.409 e.